The molecule has 0 saturated heterocycles. The molecule has 1 nitrogen and oxygen atoms in total. The van der Waals surface area contributed by atoms with E-state index in [2.05, 4.69) is 26.8 Å². The molecule has 0 saturated carbocycles. The third kappa shape index (κ3) is 2.63. The Kier molecular flexibility index (Phi) is 2.94. The zero-order valence-electron chi connectivity index (χ0n) is 8.56. The van der Waals surface area contributed by atoms with Crippen LogP contribution >= 0.6 is 0 Å². The number of hydrogen-bond acceptors (Lipinski definition) is 1. The Labute approximate surface area is 76.0 Å². The molecule has 1 aliphatic carbocycles. The second kappa shape index (κ2) is 3.61. The van der Waals surface area contributed by atoms with Gasteiger partial charge in [0.1, 0.15) is 0 Å². The molecular formula is C11H21N. The fraction of sp³-hybridized carbons (Fsp3) is 0.818. The van der Waals surface area contributed by atoms with E-state index in [4.69, 9.17) is 5.73 Å². The Morgan fingerprint density at radius 1 is 1.58 bits per heavy atom. The van der Waals surface area contributed by atoms with Gasteiger partial charge in [0.25, 0.3) is 0 Å². The van der Waals surface area contributed by atoms with Crippen molar-refractivity contribution in [2.75, 3.05) is 0 Å². The summed E-state index contributed by atoms with van der Waals surface area (Å²) in [4.78, 5) is 0. The van der Waals surface area contributed by atoms with E-state index in [1.54, 1.807) is 5.57 Å². The van der Waals surface area contributed by atoms with Crippen LogP contribution in [0.25, 0.3) is 0 Å². The summed E-state index contributed by atoms with van der Waals surface area (Å²) in [5.41, 5.74) is 7.95. The lowest BCUT2D eigenvalue weighted by Crippen LogP contribution is -2.30. The van der Waals surface area contributed by atoms with Crippen molar-refractivity contribution >= 4 is 0 Å². The maximum Gasteiger partial charge on any atom is 0.0231 e. The molecule has 0 radical (unpaired) electrons. The monoisotopic (exact) mass is 167 g/mol. The van der Waals surface area contributed by atoms with Gasteiger partial charge in [-0.1, -0.05) is 38.8 Å². The van der Waals surface area contributed by atoms with Gasteiger partial charge in [0.05, 0.1) is 0 Å². The molecule has 12 heavy (non-hydrogen) atoms. The average Bonchev–Trinajstić information content (AvgIpc) is 1.82. The lowest BCUT2D eigenvalue weighted by molar-refractivity contribution is 0.297. The van der Waals surface area contributed by atoms with E-state index < -0.39 is 0 Å². The molecule has 0 fully saturated rings. The number of rotatable bonds is 2. The van der Waals surface area contributed by atoms with Crippen LogP contribution in [-0.2, 0) is 0 Å². The summed E-state index contributed by atoms with van der Waals surface area (Å²) in [6.07, 6.45) is 7.13. The fourth-order valence-electron chi connectivity index (χ4n) is 2.24. The van der Waals surface area contributed by atoms with Crippen molar-refractivity contribution in [2.45, 2.75) is 52.5 Å². The maximum absolute atomic E-state index is 5.95. The molecule has 0 spiro atoms. The van der Waals surface area contributed by atoms with Gasteiger partial charge in [-0.05, 0) is 24.7 Å². The van der Waals surface area contributed by atoms with Gasteiger partial charge in [-0.15, -0.1) is 0 Å². The Morgan fingerprint density at radius 3 is 2.75 bits per heavy atom. The molecule has 1 aliphatic rings. The highest BCUT2D eigenvalue weighted by Gasteiger charge is 2.26. The first-order chi connectivity index (χ1) is 5.53. The summed E-state index contributed by atoms with van der Waals surface area (Å²) in [5, 5.41) is 0. The SMILES string of the molecule is CCCC1=CC(N)CC(C)(C)C1. The Bertz CT molecular complexity index is 179. The van der Waals surface area contributed by atoms with Gasteiger partial charge in [-0.25, -0.2) is 0 Å². The first-order valence-electron chi connectivity index (χ1n) is 4.98. The third-order valence-corrected chi connectivity index (χ3v) is 2.51. The predicted octanol–water partition coefficient (Wildman–Crippen LogP) is 2.86. The average molecular weight is 167 g/mol. The van der Waals surface area contributed by atoms with E-state index >= 15 is 0 Å². The molecule has 1 unspecified atom stereocenters. The van der Waals surface area contributed by atoms with E-state index in [9.17, 15) is 0 Å². The van der Waals surface area contributed by atoms with Gasteiger partial charge in [0, 0.05) is 6.04 Å². The summed E-state index contributed by atoms with van der Waals surface area (Å²) in [6.45, 7) is 6.86. The molecule has 2 N–H and O–H groups in total. The lowest BCUT2D eigenvalue weighted by atomic mass is 9.75. The molecular weight excluding hydrogens is 146 g/mol. The van der Waals surface area contributed by atoms with Crippen LogP contribution in [0, 0.1) is 5.41 Å². The fourth-order valence-corrected chi connectivity index (χ4v) is 2.24. The largest absolute Gasteiger partial charge is 0.324 e. The molecule has 0 heterocycles. The highest BCUT2D eigenvalue weighted by molar-refractivity contribution is 5.13. The van der Waals surface area contributed by atoms with Crippen molar-refractivity contribution in [1.29, 1.82) is 0 Å². The molecule has 0 aromatic rings. The molecule has 70 valence electrons. The number of hydrogen-bond donors (Lipinski definition) is 1. The maximum atomic E-state index is 5.95. The van der Waals surface area contributed by atoms with Crippen molar-refractivity contribution in [2.24, 2.45) is 11.1 Å². The molecule has 0 aromatic carbocycles. The van der Waals surface area contributed by atoms with Crippen LogP contribution in [0.3, 0.4) is 0 Å². The van der Waals surface area contributed by atoms with Gasteiger partial charge in [-0.2, -0.15) is 0 Å². The number of nitrogens with two attached hydrogens (primary N) is 1. The van der Waals surface area contributed by atoms with Crippen LogP contribution in [0.4, 0.5) is 0 Å². The predicted molar refractivity (Wildman–Crippen MR) is 54.0 cm³/mol. The molecule has 0 bridgehead atoms. The standard InChI is InChI=1S/C11H21N/c1-4-5-9-6-10(12)8-11(2,3)7-9/h6,10H,4-5,7-8,12H2,1-3H3. The minimum Gasteiger partial charge on any atom is -0.324 e. The Hall–Kier alpha value is -0.300. The van der Waals surface area contributed by atoms with Crippen LogP contribution in [0.15, 0.2) is 11.6 Å². The van der Waals surface area contributed by atoms with Gasteiger partial charge in [-0.3, -0.25) is 0 Å². The van der Waals surface area contributed by atoms with Crippen LogP contribution < -0.4 is 5.73 Å². The van der Waals surface area contributed by atoms with Crippen molar-refractivity contribution in [3.05, 3.63) is 11.6 Å². The lowest BCUT2D eigenvalue weighted by Gasteiger charge is -2.33. The quantitative estimate of drug-likeness (QED) is 0.629. The molecule has 0 aliphatic heterocycles. The van der Waals surface area contributed by atoms with Crippen molar-refractivity contribution in [3.63, 3.8) is 0 Å². The Morgan fingerprint density at radius 2 is 2.25 bits per heavy atom. The Balaban J connectivity index is 2.63. The van der Waals surface area contributed by atoms with Gasteiger partial charge in [0.15, 0.2) is 0 Å². The van der Waals surface area contributed by atoms with E-state index in [0.717, 1.165) is 6.42 Å². The van der Waals surface area contributed by atoms with Crippen molar-refractivity contribution < 1.29 is 0 Å². The van der Waals surface area contributed by atoms with Crippen LogP contribution in [0.5, 0.6) is 0 Å². The first kappa shape index (κ1) is 9.79. The second-order valence-electron chi connectivity index (χ2n) is 4.78. The highest BCUT2D eigenvalue weighted by atomic mass is 14.6. The van der Waals surface area contributed by atoms with E-state index in [-0.39, 0.29) is 0 Å². The first-order valence-corrected chi connectivity index (χ1v) is 4.98. The second-order valence-corrected chi connectivity index (χ2v) is 4.78. The summed E-state index contributed by atoms with van der Waals surface area (Å²) in [5.74, 6) is 0. The van der Waals surface area contributed by atoms with E-state index in [1.165, 1.54) is 19.3 Å². The molecule has 0 amide bonds. The van der Waals surface area contributed by atoms with Crippen molar-refractivity contribution in [1.82, 2.24) is 0 Å². The smallest absolute Gasteiger partial charge is 0.0231 e. The van der Waals surface area contributed by atoms with Gasteiger partial charge >= 0.3 is 0 Å². The van der Waals surface area contributed by atoms with Gasteiger partial charge in [0.2, 0.25) is 0 Å². The normalized spacial score (nSPS) is 28.3. The van der Waals surface area contributed by atoms with Crippen molar-refractivity contribution in [3.8, 4) is 0 Å². The minimum atomic E-state index is 0.301. The summed E-state index contributed by atoms with van der Waals surface area (Å²) >= 11 is 0. The summed E-state index contributed by atoms with van der Waals surface area (Å²) in [6, 6.07) is 0.301. The molecule has 0 aromatic heterocycles. The molecule has 1 rings (SSSR count). The summed E-state index contributed by atoms with van der Waals surface area (Å²) < 4.78 is 0. The minimum absolute atomic E-state index is 0.301. The van der Waals surface area contributed by atoms with Crippen LogP contribution in [-0.4, -0.2) is 6.04 Å². The number of allylic oxidation sites excluding steroid dienone is 1. The zero-order chi connectivity index (χ0) is 9.19. The summed E-state index contributed by atoms with van der Waals surface area (Å²) in [7, 11) is 0. The van der Waals surface area contributed by atoms with E-state index in [0.29, 0.717) is 11.5 Å². The zero-order valence-corrected chi connectivity index (χ0v) is 8.56. The van der Waals surface area contributed by atoms with Crippen LogP contribution in [0.1, 0.15) is 46.5 Å². The third-order valence-electron chi connectivity index (χ3n) is 2.51. The highest BCUT2D eigenvalue weighted by Crippen LogP contribution is 2.36. The molecule has 1 heteroatoms. The van der Waals surface area contributed by atoms with E-state index in [1.807, 2.05) is 0 Å². The topological polar surface area (TPSA) is 26.0 Å². The van der Waals surface area contributed by atoms with Gasteiger partial charge < -0.3 is 5.73 Å². The molecule has 1 atom stereocenters. The van der Waals surface area contributed by atoms with Crippen LogP contribution in [0.2, 0.25) is 0 Å².